The Bertz CT molecular complexity index is 1430. The average Bonchev–Trinajstić information content (AvgIpc) is 3.35. The standard InChI is InChI=1S/C26H30N4O4S2/c1-3-17-11-13-26(14-12-17)30(25(32)16(2)35-26)29-24(31)23-22(18-7-5-4-6-8-18)20-15-19(36(27,33)34)9-10-21(20)28-23/h4-10,15-17,28H,3,11-14H2,1-2H3,(H,29,31)(H2,27,33,34). The lowest BCUT2D eigenvalue weighted by Gasteiger charge is -2.42. The molecule has 1 atom stereocenters. The van der Waals surface area contributed by atoms with Gasteiger partial charge >= 0.3 is 0 Å². The summed E-state index contributed by atoms with van der Waals surface area (Å²) in [5.41, 5.74) is 5.10. The Kier molecular flexibility index (Phi) is 6.38. The molecule has 1 spiro atoms. The van der Waals surface area contributed by atoms with Crippen molar-refractivity contribution in [2.75, 3.05) is 0 Å². The molecule has 1 aromatic heterocycles. The lowest BCUT2D eigenvalue weighted by molar-refractivity contribution is -0.135. The van der Waals surface area contributed by atoms with Gasteiger partial charge in [0.2, 0.25) is 10.0 Å². The number of carbonyl (C=O) groups is 2. The number of aromatic nitrogens is 1. The molecular formula is C26H30N4O4S2. The molecule has 2 heterocycles. The Labute approximate surface area is 215 Å². The third-order valence-corrected chi connectivity index (χ3v) is 9.93. The van der Waals surface area contributed by atoms with Crippen LogP contribution in [0.5, 0.6) is 0 Å². The van der Waals surface area contributed by atoms with Crippen LogP contribution in [0.2, 0.25) is 0 Å². The van der Waals surface area contributed by atoms with Gasteiger partial charge in [0.15, 0.2) is 0 Å². The van der Waals surface area contributed by atoms with Gasteiger partial charge in [-0.25, -0.2) is 18.6 Å². The molecule has 0 radical (unpaired) electrons. The number of rotatable bonds is 5. The monoisotopic (exact) mass is 526 g/mol. The van der Waals surface area contributed by atoms with Crippen LogP contribution in [0, 0.1) is 5.92 Å². The second-order valence-electron chi connectivity index (χ2n) is 9.67. The largest absolute Gasteiger partial charge is 0.350 e. The predicted octanol–water partition coefficient (Wildman–Crippen LogP) is 4.39. The molecular weight excluding hydrogens is 496 g/mol. The lowest BCUT2D eigenvalue weighted by Crippen LogP contribution is -2.56. The molecule has 8 nitrogen and oxygen atoms in total. The molecule has 2 fully saturated rings. The van der Waals surface area contributed by atoms with Crippen LogP contribution in [0.3, 0.4) is 0 Å². The van der Waals surface area contributed by atoms with Crippen molar-refractivity contribution in [3.05, 3.63) is 54.2 Å². The SMILES string of the molecule is CCC1CCC2(CC1)SC(C)C(=O)N2NC(=O)c1[nH]c2ccc(S(N)(=O)=O)cc2c1-c1ccccc1. The number of nitrogens with zero attached hydrogens (tertiary/aromatic N) is 1. The number of carbonyl (C=O) groups excluding carboxylic acids is 2. The van der Waals surface area contributed by atoms with Crippen LogP contribution in [-0.4, -0.2) is 40.3 Å². The van der Waals surface area contributed by atoms with Gasteiger partial charge in [0, 0.05) is 16.5 Å². The number of hydrazine groups is 1. The summed E-state index contributed by atoms with van der Waals surface area (Å²) in [5, 5.41) is 7.26. The Morgan fingerprint density at radius 1 is 1.19 bits per heavy atom. The maximum atomic E-state index is 13.8. The van der Waals surface area contributed by atoms with Crippen molar-refractivity contribution in [3.63, 3.8) is 0 Å². The van der Waals surface area contributed by atoms with E-state index >= 15 is 0 Å². The molecule has 2 aliphatic rings. The van der Waals surface area contributed by atoms with Crippen LogP contribution >= 0.6 is 11.8 Å². The first kappa shape index (κ1) is 24.9. The first-order valence-corrected chi connectivity index (χ1v) is 14.6. The number of thioether (sulfide) groups is 1. The molecule has 36 heavy (non-hydrogen) atoms. The smallest absolute Gasteiger partial charge is 0.286 e. The van der Waals surface area contributed by atoms with Crippen LogP contribution in [-0.2, 0) is 14.8 Å². The van der Waals surface area contributed by atoms with E-state index in [0.717, 1.165) is 37.7 Å². The highest BCUT2D eigenvalue weighted by atomic mass is 32.2. The number of nitrogens with one attached hydrogen (secondary N) is 2. The van der Waals surface area contributed by atoms with E-state index in [1.165, 1.54) is 12.1 Å². The Balaban J connectivity index is 1.56. The zero-order valence-electron chi connectivity index (χ0n) is 20.3. The number of amides is 2. The van der Waals surface area contributed by atoms with E-state index in [4.69, 9.17) is 5.14 Å². The molecule has 0 bridgehead atoms. The Morgan fingerprint density at radius 3 is 2.53 bits per heavy atom. The van der Waals surface area contributed by atoms with Crippen LogP contribution in [0.25, 0.3) is 22.0 Å². The van der Waals surface area contributed by atoms with E-state index in [1.807, 2.05) is 37.3 Å². The van der Waals surface area contributed by atoms with Crippen LogP contribution < -0.4 is 10.6 Å². The van der Waals surface area contributed by atoms with E-state index < -0.39 is 20.8 Å². The average molecular weight is 527 g/mol. The topological polar surface area (TPSA) is 125 Å². The summed E-state index contributed by atoms with van der Waals surface area (Å²) in [6.07, 6.45) is 4.83. The van der Waals surface area contributed by atoms with E-state index in [-0.39, 0.29) is 21.7 Å². The van der Waals surface area contributed by atoms with E-state index in [0.29, 0.717) is 22.4 Å². The number of fused-ring (bicyclic) bond motifs is 1. The van der Waals surface area contributed by atoms with Gasteiger partial charge < -0.3 is 4.98 Å². The minimum absolute atomic E-state index is 0.0373. The van der Waals surface area contributed by atoms with Crippen molar-refractivity contribution >= 4 is 44.5 Å². The molecule has 2 aromatic carbocycles. The number of H-pyrrole nitrogens is 1. The molecule has 4 N–H and O–H groups in total. The third kappa shape index (κ3) is 4.31. The second-order valence-corrected chi connectivity index (χ2v) is 12.9. The fourth-order valence-corrected chi connectivity index (χ4v) is 7.55. The van der Waals surface area contributed by atoms with Crippen molar-refractivity contribution in [1.29, 1.82) is 0 Å². The number of sulfonamides is 1. The Hall–Kier alpha value is -2.82. The molecule has 1 saturated heterocycles. The number of primary sulfonamides is 1. The summed E-state index contributed by atoms with van der Waals surface area (Å²) in [5.74, 6) is 0.102. The normalized spacial score (nSPS) is 24.5. The van der Waals surface area contributed by atoms with Gasteiger partial charge in [0.05, 0.1) is 10.1 Å². The molecule has 1 aliphatic heterocycles. The summed E-state index contributed by atoms with van der Waals surface area (Å²) in [6, 6.07) is 13.8. The molecule has 1 aliphatic carbocycles. The number of aromatic amines is 1. The van der Waals surface area contributed by atoms with Crippen molar-refractivity contribution in [1.82, 2.24) is 15.4 Å². The lowest BCUT2D eigenvalue weighted by atomic mass is 9.84. The minimum atomic E-state index is -3.93. The summed E-state index contributed by atoms with van der Waals surface area (Å²) < 4.78 is 24.0. The maximum Gasteiger partial charge on any atom is 0.286 e. The van der Waals surface area contributed by atoms with Crippen molar-refractivity contribution < 1.29 is 18.0 Å². The number of hydrogen-bond donors (Lipinski definition) is 3. The summed E-state index contributed by atoms with van der Waals surface area (Å²) >= 11 is 1.64. The molecule has 5 rings (SSSR count). The van der Waals surface area contributed by atoms with Crippen molar-refractivity contribution in [2.24, 2.45) is 11.1 Å². The molecule has 190 valence electrons. The fraction of sp³-hybridized carbons (Fsp3) is 0.385. The van der Waals surface area contributed by atoms with Gasteiger partial charge in [-0.15, -0.1) is 11.8 Å². The molecule has 2 amide bonds. The highest BCUT2D eigenvalue weighted by Crippen LogP contribution is 2.51. The minimum Gasteiger partial charge on any atom is -0.350 e. The van der Waals surface area contributed by atoms with Gasteiger partial charge in [-0.05, 0) is 62.3 Å². The summed E-state index contributed by atoms with van der Waals surface area (Å²) in [7, 11) is -3.93. The zero-order chi connectivity index (χ0) is 25.7. The number of nitrogens with two attached hydrogens (primary N) is 1. The fourth-order valence-electron chi connectivity index (χ4n) is 5.43. The van der Waals surface area contributed by atoms with Gasteiger partial charge in [-0.3, -0.25) is 15.0 Å². The molecule has 10 heteroatoms. The van der Waals surface area contributed by atoms with E-state index in [1.54, 1.807) is 22.8 Å². The van der Waals surface area contributed by atoms with Crippen molar-refractivity contribution in [2.45, 2.75) is 61.0 Å². The highest BCUT2D eigenvalue weighted by Gasteiger charge is 2.52. The molecule has 1 saturated carbocycles. The quantitative estimate of drug-likeness (QED) is 0.455. The molecule has 3 aromatic rings. The first-order valence-electron chi connectivity index (χ1n) is 12.2. The number of hydrogen-bond acceptors (Lipinski definition) is 5. The third-order valence-electron chi connectivity index (χ3n) is 7.44. The summed E-state index contributed by atoms with van der Waals surface area (Å²) in [6.45, 7) is 4.08. The van der Waals surface area contributed by atoms with E-state index in [9.17, 15) is 18.0 Å². The first-order chi connectivity index (χ1) is 17.1. The second kappa shape index (κ2) is 9.24. The van der Waals surface area contributed by atoms with Crippen LogP contribution in [0.1, 0.15) is 56.4 Å². The molecule has 1 unspecified atom stereocenters. The van der Waals surface area contributed by atoms with Gasteiger partial charge in [0.1, 0.15) is 10.6 Å². The Morgan fingerprint density at radius 2 is 1.89 bits per heavy atom. The predicted molar refractivity (Wildman–Crippen MR) is 141 cm³/mol. The van der Waals surface area contributed by atoms with Gasteiger partial charge in [0.25, 0.3) is 11.8 Å². The van der Waals surface area contributed by atoms with Crippen molar-refractivity contribution in [3.8, 4) is 11.1 Å². The van der Waals surface area contributed by atoms with Gasteiger partial charge in [-0.2, -0.15) is 0 Å². The maximum absolute atomic E-state index is 13.8. The zero-order valence-corrected chi connectivity index (χ0v) is 21.9. The number of benzene rings is 2. The van der Waals surface area contributed by atoms with E-state index in [2.05, 4.69) is 17.3 Å². The van der Waals surface area contributed by atoms with Crippen LogP contribution in [0.15, 0.2) is 53.4 Å². The summed E-state index contributed by atoms with van der Waals surface area (Å²) in [4.78, 5) is 29.6. The van der Waals surface area contributed by atoms with Gasteiger partial charge in [-0.1, -0.05) is 43.7 Å². The van der Waals surface area contributed by atoms with Crippen LogP contribution in [0.4, 0.5) is 0 Å². The highest BCUT2D eigenvalue weighted by molar-refractivity contribution is 8.02.